The van der Waals surface area contributed by atoms with Crippen molar-refractivity contribution in [2.24, 2.45) is 5.41 Å². The summed E-state index contributed by atoms with van der Waals surface area (Å²) in [5.41, 5.74) is 1.07. The number of hydrogen-bond donors (Lipinski definition) is 0. The summed E-state index contributed by atoms with van der Waals surface area (Å²) in [6.45, 7) is 4.03. The number of rotatable bonds is 2. The van der Waals surface area contributed by atoms with E-state index in [1.54, 1.807) is 11.3 Å². The molecule has 1 aromatic carbocycles. The van der Waals surface area contributed by atoms with Crippen LogP contribution >= 0.6 is 11.3 Å². The second kappa shape index (κ2) is 9.26. The van der Waals surface area contributed by atoms with Crippen molar-refractivity contribution in [2.45, 2.75) is 45.1 Å². The summed E-state index contributed by atoms with van der Waals surface area (Å²) < 4.78 is 6.02. The minimum absolute atomic E-state index is 0.215. The number of thiazole rings is 1. The third-order valence-corrected chi connectivity index (χ3v) is 7.23. The van der Waals surface area contributed by atoms with Gasteiger partial charge in [0.15, 0.2) is 0 Å². The molecule has 6 heteroatoms. The van der Waals surface area contributed by atoms with Crippen LogP contribution in [0.3, 0.4) is 0 Å². The number of piperidine rings is 1. The number of benzene rings is 1. The Bertz CT molecular complexity index is 800. The monoisotopic (exact) mass is 413 g/mol. The van der Waals surface area contributed by atoms with Gasteiger partial charge in [0.2, 0.25) is 5.91 Å². The Balaban J connectivity index is 1.43. The molecule has 0 atom stereocenters. The molecular formula is C23H31N3O2S. The number of aryl methyl sites for hydroxylation is 1. The average Bonchev–Trinajstić information content (AvgIpc) is 3.25. The van der Waals surface area contributed by atoms with Gasteiger partial charge < -0.3 is 9.64 Å². The summed E-state index contributed by atoms with van der Waals surface area (Å²) in [4.78, 5) is 22.2. The normalized spacial score (nSPS) is 21.1. The van der Waals surface area contributed by atoms with Crippen LogP contribution in [0.15, 0.2) is 35.8 Å². The van der Waals surface area contributed by atoms with E-state index in [-0.39, 0.29) is 5.41 Å². The van der Waals surface area contributed by atoms with Crippen molar-refractivity contribution in [1.82, 2.24) is 14.8 Å². The van der Waals surface area contributed by atoms with Gasteiger partial charge in [-0.1, -0.05) is 24.6 Å². The molecule has 0 N–H and O–H groups in total. The van der Waals surface area contributed by atoms with Crippen molar-refractivity contribution in [3.8, 4) is 5.75 Å². The van der Waals surface area contributed by atoms with Crippen molar-refractivity contribution in [2.75, 3.05) is 33.3 Å². The molecule has 0 bridgehead atoms. The molecule has 0 unspecified atom stereocenters. The van der Waals surface area contributed by atoms with E-state index in [0.29, 0.717) is 19.1 Å². The first-order valence-electron chi connectivity index (χ1n) is 10.7. The highest BCUT2D eigenvalue weighted by Gasteiger charge is 2.42. The lowest BCUT2D eigenvalue weighted by molar-refractivity contribution is -0.145. The highest BCUT2D eigenvalue weighted by atomic mass is 32.1. The van der Waals surface area contributed by atoms with Crippen molar-refractivity contribution in [3.63, 3.8) is 0 Å². The number of likely N-dealkylation sites (tertiary alicyclic amines) is 1. The molecule has 29 heavy (non-hydrogen) atoms. The molecule has 2 aliphatic rings. The average molecular weight is 414 g/mol. The van der Waals surface area contributed by atoms with Crippen LogP contribution in [0.4, 0.5) is 0 Å². The smallest absolute Gasteiger partial charge is 0.228 e. The fourth-order valence-corrected chi connectivity index (χ4v) is 5.32. The van der Waals surface area contributed by atoms with Gasteiger partial charge in [0, 0.05) is 18.6 Å². The zero-order chi connectivity index (χ0) is 20.1. The zero-order valence-corrected chi connectivity index (χ0v) is 18.1. The molecule has 3 heterocycles. The maximum atomic E-state index is 13.4. The Kier molecular flexibility index (Phi) is 6.50. The Morgan fingerprint density at radius 3 is 2.76 bits per heavy atom. The van der Waals surface area contributed by atoms with Crippen LogP contribution in [0.2, 0.25) is 0 Å². The van der Waals surface area contributed by atoms with E-state index in [9.17, 15) is 4.79 Å². The first kappa shape index (κ1) is 20.4. The van der Waals surface area contributed by atoms with E-state index in [0.717, 1.165) is 63.9 Å². The van der Waals surface area contributed by atoms with E-state index >= 15 is 0 Å². The first-order valence-corrected chi connectivity index (χ1v) is 11.6. The minimum atomic E-state index is -0.215. The van der Waals surface area contributed by atoms with E-state index < -0.39 is 0 Å². The van der Waals surface area contributed by atoms with Gasteiger partial charge in [0.25, 0.3) is 0 Å². The molecule has 0 radical (unpaired) electrons. The molecule has 5 nitrogen and oxygen atoms in total. The third-order valence-electron chi connectivity index (χ3n) is 6.46. The topological polar surface area (TPSA) is 45.7 Å². The fourth-order valence-electron chi connectivity index (χ4n) is 4.66. The molecule has 2 aliphatic heterocycles. The number of likely N-dealkylation sites (N-methyl/N-ethyl adjacent to an activating group) is 1. The number of carbonyl (C=O) groups is 1. The lowest BCUT2D eigenvalue weighted by Gasteiger charge is -2.42. The lowest BCUT2D eigenvalue weighted by Crippen LogP contribution is -2.50. The standard InChI is InChI=1S/C23H31N3O2S/c1-25-15-16-28-20-8-3-2-6-19(20)7-4-5-9-23(22(25)27)10-13-26(14-11-23)18-21-24-12-17-29-21/h2-3,6,8,12,17H,4-5,7,9-11,13-16,18H2,1H3. The summed E-state index contributed by atoms with van der Waals surface area (Å²) in [6, 6.07) is 8.32. The summed E-state index contributed by atoms with van der Waals surface area (Å²) in [7, 11) is 1.94. The van der Waals surface area contributed by atoms with Gasteiger partial charge in [0.05, 0.1) is 18.5 Å². The maximum Gasteiger partial charge on any atom is 0.228 e. The van der Waals surface area contributed by atoms with Gasteiger partial charge in [0.1, 0.15) is 17.4 Å². The number of ether oxygens (including phenoxy) is 1. The predicted molar refractivity (Wildman–Crippen MR) is 116 cm³/mol. The molecule has 156 valence electrons. The van der Waals surface area contributed by atoms with Crippen LogP contribution in [0.5, 0.6) is 5.75 Å². The van der Waals surface area contributed by atoms with Crippen molar-refractivity contribution in [1.29, 1.82) is 0 Å². The number of fused-ring (bicyclic) bond motifs is 1. The second-order valence-electron chi connectivity index (χ2n) is 8.37. The van der Waals surface area contributed by atoms with Gasteiger partial charge in [-0.15, -0.1) is 11.3 Å². The number of amides is 1. The summed E-state index contributed by atoms with van der Waals surface area (Å²) >= 11 is 1.71. The Hall–Kier alpha value is -1.92. The quantitative estimate of drug-likeness (QED) is 0.747. The van der Waals surface area contributed by atoms with E-state index in [4.69, 9.17) is 4.74 Å². The molecule has 1 fully saturated rings. The van der Waals surface area contributed by atoms with Gasteiger partial charge in [-0.2, -0.15) is 0 Å². The largest absolute Gasteiger partial charge is 0.491 e. The van der Waals surface area contributed by atoms with Crippen LogP contribution < -0.4 is 4.74 Å². The van der Waals surface area contributed by atoms with Crippen LogP contribution in [0, 0.1) is 5.41 Å². The molecule has 1 aromatic heterocycles. The predicted octanol–water partition coefficient (Wildman–Crippen LogP) is 3.99. The Labute approximate surface area is 177 Å². The SMILES string of the molecule is CN1CCOc2ccccc2CCCCC2(CCN(Cc3nccs3)CC2)C1=O. The van der Waals surface area contributed by atoms with Crippen molar-refractivity contribution < 1.29 is 9.53 Å². The van der Waals surface area contributed by atoms with E-state index in [1.165, 1.54) is 10.6 Å². The highest BCUT2D eigenvalue weighted by molar-refractivity contribution is 7.09. The Morgan fingerprint density at radius 2 is 1.97 bits per heavy atom. The van der Waals surface area contributed by atoms with Crippen LogP contribution in [-0.2, 0) is 17.8 Å². The maximum absolute atomic E-state index is 13.4. The highest BCUT2D eigenvalue weighted by Crippen LogP contribution is 2.39. The van der Waals surface area contributed by atoms with Gasteiger partial charge >= 0.3 is 0 Å². The number of carbonyl (C=O) groups excluding carboxylic acids is 1. The summed E-state index contributed by atoms with van der Waals surface area (Å²) in [5, 5.41) is 3.20. The lowest BCUT2D eigenvalue weighted by atomic mass is 9.73. The van der Waals surface area contributed by atoms with Crippen LogP contribution in [-0.4, -0.2) is 54.0 Å². The summed E-state index contributed by atoms with van der Waals surface area (Å²) in [5.74, 6) is 1.28. The third kappa shape index (κ3) is 4.81. The molecule has 1 amide bonds. The molecule has 1 spiro atoms. The summed E-state index contributed by atoms with van der Waals surface area (Å²) in [6.07, 6.45) is 7.95. The van der Waals surface area contributed by atoms with Crippen molar-refractivity contribution in [3.05, 3.63) is 46.4 Å². The molecular weight excluding hydrogens is 382 g/mol. The fraction of sp³-hybridized carbons (Fsp3) is 0.565. The number of nitrogens with zero attached hydrogens (tertiary/aromatic N) is 3. The molecule has 1 saturated heterocycles. The minimum Gasteiger partial charge on any atom is -0.491 e. The molecule has 0 aliphatic carbocycles. The zero-order valence-electron chi connectivity index (χ0n) is 17.3. The number of hydrogen-bond acceptors (Lipinski definition) is 5. The molecule has 0 saturated carbocycles. The van der Waals surface area contributed by atoms with Gasteiger partial charge in [-0.3, -0.25) is 9.69 Å². The van der Waals surface area contributed by atoms with Gasteiger partial charge in [-0.05, 0) is 56.8 Å². The van der Waals surface area contributed by atoms with E-state index in [2.05, 4.69) is 22.0 Å². The van der Waals surface area contributed by atoms with Crippen molar-refractivity contribution >= 4 is 17.2 Å². The van der Waals surface area contributed by atoms with Gasteiger partial charge in [-0.25, -0.2) is 4.98 Å². The number of para-hydroxylation sites is 1. The molecule has 2 aromatic rings. The number of aromatic nitrogens is 1. The van der Waals surface area contributed by atoms with Crippen LogP contribution in [0.1, 0.15) is 42.7 Å². The van der Waals surface area contributed by atoms with E-state index in [1.807, 2.05) is 35.7 Å². The second-order valence-corrected chi connectivity index (χ2v) is 9.35. The van der Waals surface area contributed by atoms with Crippen LogP contribution in [0.25, 0.3) is 0 Å². The first-order chi connectivity index (χ1) is 14.2. The molecule has 4 rings (SSSR count). The Morgan fingerprint density at radius 1 is 1.14 bits per heavy atom.